The first-order valence-electron chi connectivity index (χ1n) is 22.6. The predicted molar refractivity (Wildman–Crippen MR) is 226 cm³/mol. The van der Waals surface area contributed by atoms with Crippen LogP contribution in [0.5, 0.6) is 5.75 Å². The number of ether oxygens (including phenoxy) is 1. The summed E-state index contributed by atoms with van der Waals surface area (Å²) in [6, 6.07) is 14.0. The molecule has 5 saturated carbocycles. The van der Waals surface area contributed by atoms with Crippen molar-refractivity contribution in [2.24, 2.45) is 45.3 Å². The van der Waals surface area contributed by atoms with Gasteiger partial charge in [0.25, 0.3) is 0 Å². The van der Waals surface area contributed by atoms with Crippen molar-refractivity contribution >= 4 is 17.3 Å². The number of phenols is 1. The summed E-state index contributed by atoms with van der Waals surface area (Å²) in [6.45, 7) is 13.8. The molecule has 7 aliphatic rings. The van der Waals surface area contributed by atoms with E-state index in [0.29, 0.717) is 50.5 Å². The van der Waals surface area contributed by atoms with Crippen molar-refractivity contribution in [3.8, 4) is 5.75 Å². The second-order valence-corrected chi connectivity index (χ2v) is 21.7. The van der Waals surface area contributed by atoms with E-state index in [2.05, 4.69) is 65.1 Å². The van der Waals surface area contributed by atoms with E-state index in [1.165, 1.54) is 11.1 Å². The molecule has 6 N–H and O–H groups in total. The smallest absolute Gasteiger partial charge is 0.160 e. The van der Waals surface area contributed by atoms with E-state index in [1.54, 1.807) is 6.07 Å². The normalized spacial score (nSPS) is 42.4. The third-order valence-electron chi connectivity index (χ3n) is 18.3. The molecule has 6 aliphatic carbocycles. The summed E-state index contributed by atoms with van der Waals surface area (Å²) in [7, 11) is 1.89. The Hall–Kier alpha value is -3.04. The summed E-state index contributed by atoms with van der Waals surface area (Å²) in [4.78, 5) is 30.0. The fourth-order valence-corrected chi connectivity index (χ4v) is 16.5. The predicted octanol–water partition coefficient (Wildman–Crippen LogP) is 8.30. The van der Waals surface area contributed by atoms with Crippen molar-refractivity contribution in [1.29, 1.82) is 0 Å². The lowest BCUT2D eigenvalue weighted by molar-refractivity contribution is -0.225. The number of phenolic OH excluding ortho intramolecular Hbond substituents is 1. The van der Waals surface area contributed by atoms with Gasteiger partial charge in [-0.05, 0) is 153 Å². The molecule has 8 nitrogen and oxygen atoms in total. The summed E-state index contributed by atoms with van der Waals surface area (Å²) < 4.78 is 6.50. The maximum atomic E-state index is 15.3. The highest BCUT2D eigenvalue weighted by Gasteiger charge is 2.75. The van der Waals surface area contributed by atoms with Gasteiger partial charge in [-0.3, -0.25) is 9.59 Å². The fourth-order valence-electron chi connectivity index (χ4n) is 16.5. The second kappa shape index (κ2) is 13.5. The quantitative estimate of drug-likeness (QED) is 0.126. The number of carbonyl (C=O) groups is 2. The van der Waals surface area contributed by atoms with Crippen molar-refractivity contribution in [3.05, 3.63) is 70.3 Å². The Morgan fingerprint density at radius 3 is 2.52 bits per heavy atom. The molecule has 1 heterocycles. The van der Waals surface area contributed by atoms with Crippen LogP contribution in [0.2, 0.25) is 0 Å². The van der Waals surface area contributed by atoms with E-state index < -0.39 is 34.1 Å². The van der Waals surface area contributed by atoms with Gasteiger partial charge in [-0.1, -0.05) is 71.2 Å². The van der Waals surface area contributed by atoms with E-state index in [4.69, 9.17) is 10.5 Å². The number of rotatable bonds is 9. The molecule has 9 rings (SSSR count). The van der Waals surface area contributed by atoms with Gasteiger partial charge < -0.3 is 31.1 Å². The van der Waals surface area contributed by atoms with Gasteiger partial charge in [0.15, 0.2) is 5.78 Å². The minimum atomic E-state index is -0.822. The first-order valence-corrected chi connectivity index (χ1v) is 22.6. The van der Waals surface area contributed by atoms with Crippen molar-refractivity contribution in [1.82, 2.24) is 5.32 Å². The highest BCUT2D eigenvalue weighted by atomic mass is 16.6. The van der Waals surface area contributed by atoms with Crippen molar-refractivity contribution in [3.63, 3.8) is 0 Å². The van der Waals surface area contributed by atoms with Crippen molar-refractivity contribution in [2.75, 3.05) is 12.8 Å². The van der Waals surface area contributed by atoms with Crippen LogP contribution in [0.3, 0.4) is 0 Å². The molecule has 5 bridgehead atoms. The number of hydrogen-bond acceptors (Lipinski definition) is 8. The zero-order chi connectivity index (χ0) is 41.4. The van der Waals surface area contributed by atoms with Gasteiger partial charge in [-0.25, -0.2) is 0 Å². The molecule has 0 amide bonds. The highest BCUT2D eigenvalue weighted by Crippen LogP contribution is 2.77. The number of aliphatic hydroxyl groups excluding tert-OH is 2. The average Bonchev–Trinajstić information content (AvgIpc) is 3.44. The number of aliphatic hydroxyl groups is 2. The number of hydrogen-bond donors (Lipinski definition) is 5. The molecular weight excluding hydrogens is 725 g/mol. The van der Waals surface area contributed by atoms with Crippen LogP contribution in [0, 0.1) is 45.3 Å². The minimum Gasteiger partial charge on any atom is -0.508 e. The number of fused-ring (bicyclic) bond motifs is 1. The number of aromatic hydroxyl groups is 1. The Bertz CT molecular complexity index is 2060. The molecule has 1 aliphatic heterocycles. The Kier molecular flexibility index (Phi) is 9.38. The number of nitrogens with one attached hydrogen (secondary N) is 1. The summed E-state index contributed by atoms with van der Waals surface area (Å²) in [6.07, 6.45) is 7.66. The van der Waals surface area contributed by atoms with Crippen LogP contribution in [0.1, 0.15) is 141 Å². The van der Waals surface area contributed by atoms with Crippen LogP contribution in [0.25, 0.3) is 0 Å². The summed E-state index contributed by atoms with van der Waals surface area (Å²) in [5.41, 5.74) is 9.07. The van der Waals surface area contributed by atoms with Gasteiger partial charge in [0.2, 0.25) is 0 Å². The SMILES string of the molecule is CNCc1cc(O)cc(C23CCCC45CC(=O)C(C(C)CC(O)C6OC6(C)C6CCCC6c6cccc(N)c6)=C4CCC4C(C)(C2)C(C(O)CC45C)C(C)(C)C3=O)c1. The number of allylic oxidation sites excluding steroid dienone is 2. The molecule has 58 heavy (non-hydrogen) atoms. The van der Waals surface area contributed by atoms with Crippen LogP contribution in [0.4, 0.5) is 5.69 Å². The molecular formula is C50H68N2O6. The summed E-state index contributed by atoms with van der Waals surface area (Å²) in [5.74, 6) is 1.05. The summed E-state index contributed by atoms with van der Waals surface area (Å²) >= 11 is 0. The highest BCUT2D eigenvalue weighted by molar-refractivity contribution is 6.01. The third kappa shape index (κ3) is 5.52. The fraction of sp³-hybridized carbons (Fsp3) is 0.680. The maximum Gasteiger partial charge on any atom is 0.160 e. The molecule has 2 aromatic carbocycles. The molecule has 13 unspecified atom stereocenters. The molecule has 6 fully saturated rings. The van der Waals surface area contributed by atoms with Gasteiger partial charge in [0.05, 0.1) is 23.2 Å². The second-order valence-electron chi connectivity index (χ2n) is 21.7. The largest absolute Gasteiger partial charge is 0.508 e. The van der Waals surface area contributed by atoms with Crippen LogP contribution in [0.15, 0.2) is 53.6 Å². The van der Waals surface area contributed by atoms with Crippen LogP contribution in [-0.4, -0.2) is 57.8 Å². The zero-order valence-electron chi connectivity index (χ0n) is 36.0. The number of carbonyl (C=O) groups excluding carboxylic acids is 2. The Balaban J connectivity index is 1.06. The molecule has 0 radical (unpaired) electrons. The van der Waals surface area contributed by atoms with E-state index in [-0.39, 0.29) is 52.0 Å². The molecule has 2 aromatic rings. The first-order chi connectivity index (χ1) is 27.4. The Labute approximate surface area is 345 Å². The standard InChI is InChI=1S/C50H68N2O6/c1-28(19-37(54)43-48(6,58-43)35-14-9-13-34(35)30-11-8-12-32(51)22-30)41-36-15-16-40-46(4)27-49(31-20-29(26-52-7)21-33(53)23-31)17-10-18-50(36,25-38(41)55)47(40,5)24-39(56)42(46)45(2,3)44(49)57/h8,11-12,20-23,28,34-35,37,39-40,42-43,52-54,56H,9-10,13-19,24-27,51H2,1-7H3. The summed E-state index contributed by atoms with van der Waals surface area (Å²) in [5, 5.41) is 38.7. The average molecular weight is 793 g/mol. The monoisotopic (exact) mass is 793 g/mol. The Morgan fingerprint density at radius 1 is 1.00 bits per heavy atom. The molecule has 1 spiro atoms. The number of anilines is 1. The van der Waals surface area contributed by atoms with Gasteiger partial charge in [-0.15, -0.1) is 0 Å². The topological polar surface area (TPSA) is 145 Å². The lowest BCUT2D eigenvalue weighted by Gasteiger charge is -2.70. The van der Waals surface area contributed by atoms with E-state index in [1.807, 2.05) is 25.2 Å². The van der Waals surface area contributed by atoms with Gasteiger partial charge in [-0.2, -0.15) is 0 Å². The van der Waals surface area contributed by atoms with Crippen LogP contribution >= 0.6 is 0 Å². The number of benzene rings is 2. The molecule has 8 heteroatoms. The third-order valence-corrected chi connectivity index (χ3v) is 18.3. The molecule has 13 atom stereocenters. The molecule has 1 saturated heterocycles. The number of nitrogens with two attached hydrogens (primary N) is 1. The van der Waals surface area contributed by atoms with Gasteiger partial charge >= 0.3 is 0 Å². The zero-order valence-corrected chi connectivity index (χ0v) is 36.0. The number of epoxide rings is 1. The maximum absolute atomic E-state index is 15.3. The lowest BCUT2D eigenvalue weighted by atomic mass is 9.33. The molecule has 314 valence electrons. The number of nitrogen functional groups attached to an aromatic ring is 1. The number of ketones is 2. The van der Waals surface area contributed by atoms with E-state index >= 15 is 4.79 Å². The van der Waals surface area contributed by atoms with Gasteiger partial charge in [0.1, 0.15) is 17.6 Å². The molecule has 0 aromatic heterocycles. The Morgan fingerprint density at radius 2 is 1.78 bits per heavy atom. The lowest BCUT2D eigenvalue weighted by Crippen LogP contribution is -2.70. The minimum absolute atomic E-state index is 0.132. The van der Waals surface area contributed by atoms with Crippen LogP contribution < -0.4 is 11.1 Å². The number of Topliss-reactive ketones (excluding diaryl/α,β-unsaturated/α-hetero) is 2. The van der Waals surface area contributed by atoms with Crippen LogP contribution in [-0.2, 0) is 26.3 Å². The first kappa shape index (κ1) is 40.4. The van der Waals surface area contributed by atoms with Gasteiger partial charge in [0, 0.05) is 35.4 Å². The van der Waals surface area contributed by atoms with E-state index in [9.17, 15) is 20.1 Å². The van der Waals surface area contributed by atoms with E-state index in [0.717, 1.165) is 67.3 Å². The van der Waals surface area contributed by atoms with Crippen molar-refractivity contribution in [2.45, 2.75) is 160 Å². The van der Waals surface area contributed by atoms with Crippen molar-refractivity contribution < 1.29 is 29.6 Å².